The molecule has 18 heteroatoms. The Morgan fingerprint density at radius 3 is 0.444 bits per heavy atom. The van der Waals surface area contributed by atoms with Gasteiger partial charge in [0.1, 0.15) is 0 Å². The average Bonchev–Trinajstić information content (AvgIpc) is 1.76. The summed E-state index contributed by atoms with van der Waals surface area (Å²) in [6, 6.07) is 0. The molecule has 0 N–H and O–H groups in total. The van der Waals surface area contributed by atoms with Crippen molar-refractivity contribution in [2.75, 3.05) is 0 Å². The van der Waals surface area contributed by atoms with Gasteiger partial charge in [-0.15, -0.1) is 0 Å². The summed E-state index contributed by atoms with van der Waals surface area (Å²) in [5.74, 6) is 0. The molecule has 106 valence electrons. The zero-order valence-corrected chi connectivity index (χ0v) is 9.86. The van der Waals surface area contributed by atoms with Gasteiger partial charge in [-0.2, -0.15) is 0 Å². The van der Waals surface area contributed by atoms with Crippen LogP contribution in [0.4, 0.5) is 0 Å². The first kappa shape index (κ1) is 36.1. The van der Waals surface area contributed by atoms with E-state index in [0.717, 1.165) is 0 Å². The van der Waals surface area contributed by atoms with E-state index in [2.05, 4.69) is 0 Å². The Morgan fingerprint density at radius 1 is 0.444 bits per heavy atom. The van der Waals surface area contributed by atoms with Crippen LogP contribution in [0.3, 0.4) is 0 Å². The summed E-state index contributed by atoms with van der Waals surface area (Å²) in [7, 11) is 0. The second-order valence-electron chi connectivity index (χ2n) is 0.894. The average molecular weight is 454 g/mol. The fourth-order valence-electron chi connectivity index (χ4n) is 0. The van der Waals surface area contributed by atoms with Crippen molar-refractivity contribution in [2.45, 2.75) is 0 Å². The van der Waals surface area contributed by atoms with Crippen molar-refractivity contribution >= 4 is 0 Å². The number of nitrogens with zero attached hydrogens (tertiary/aromatic N) is 5. The molecule has 0 aromatic rings. The molecule has 0 rings (SSSR count). The molecular formula is IrN5O12. The van der Waals surface area contributed by atoms with Crippen LogP contribution in [-0.4, -0.2) is 20.3 Å². The molecule has 18 heavy (non-hydrogen) atoms. The van der Waals surface area contributed by atoms with E-state index in [-0.39, 0.29) is 26.3 Å². The number of rotatable bonds is 0. The van der Waals surface area contributed by atoms with Gasteiger partial charge < -0.3 is 61.3 Å². The SMILES string of the molecule is O=[N+]([O-])[O-].O=[N+]([O-])[O-].O=[N+]([O-])[O-].O=[N+]([O-])[O-].[Ir+4].[N]. The molecule has 0 bridgehead atoms. The first-order valence-corrected chi connectivity index (χ1v) is 2.19. The third kappa shape index (κ3) is 308. The summed E-state index contributed by atoms with van der Waals surface area (Å²) >= 11 is 0. The third-order valence-corrected chi connectivity index (χ3v) is 0. The molecule has 0 saturated carbocycles. The van der Waals surface area contributed by atoms with Crippen LogP contribution in [-0.2, 0) is 20.1 Å². The normalized spacial score (nSPS) is 5.33. The van der Waals surface area contributed by atoms with Gasteiger partial charge in [0.15, 0.2) is 0 Å². The Kier molecular flexibility index (Phi) is 58.8. The van der Waals surface area contributed by atoms with E-state index in [1.54, 1.807) is 0 Å². The molecule has 0 aromatic heterocycles. The molecule has 0 atom stereocenters. The Labute approximate surface area is 109 Å². The second-order valence-corrected chi connectivity index (χ2v) is 0.894. The predicted molar refractivity (Wildman–Crippen MR) is 43.6 cm³/mol. The van der Waals surface area contributed by atoms with Crippen molar-refractivity contribution in [1.29, 1.82) is 0 Å². The van der Waals surface area contributed by atoms with E-state index in [1.165, 1.54) is 0 Å². The molecular weight excluding hydrogens is 454 g/mol. The van der Waals surface area contributed by atoms with Crippen LogP contribution in [0.15, 0.2) is 0 Å². The van der Waals surface area contributed by atoms with Crippen molar-refractivity contribution in [2.24, 2.45) is 0 Å². The number of hydrogen-bond donors (Lipinski definition) is 0. The molecule has 17 nitrogen and oxygen atoms in total. The van der Waals surface area contributed by atoms with Gasteiger partial charge in [-0.3, -0.25) is 0 Å². The van der Waals surface area contributed by atoms with Gasteiger partial charge in [0, 0.05) is 6.15 Å². The summed E-state index contributed by atoms with van der Waals surface area (Å²) in [5.41, 5.74) is 0. The van der Waals surface area contributed by atoms with E-state index in [1.807, 2.05) is 0 Å². The maximum Gasteiger partial charge on any atom is 4.00 e. The minimum atomic E-state index is -1.75. The van der Waals surface area contributed by atoms with Crippen LogP contribution >= 0.6 is 0 Å². The summed E-state index contributed by atoms with van der Waals surface area (Å²) < 4.78 is 0. The van der Waals surface area contributed by atoms with E-state index in [0.29, 0.717) is 0 Å². The van der Waals surface area contributed by atoms with Crippen LogP contribution in [0.25, 0.3) is 0 Å². The smallest absolute Gasteiger partial charge is 0.356 e. The zero-order valence-electron chi connectivity index (χ0n) is 7.47. The molecule has 0 amide bonds. The standard InChI is InChI=1S/Ir.4NO3.N/c;4*2-1(3)4;/q+4;4*-1;. The zero-order chi connectivity index (χ0) is 14.3. The first-order chi connectivity index (χ1) is 6.93. The minimum Gasteiger partial charge on any atom is -0.356 e. The van der Waals surface area contributed by atoms with Crippen molar-refractivity contribution in [3.63, 3.8) is 0 Å². The second kappa shape index (κ2) is 29.3. The molecule has 0 fully saturated rings. The Hall–Kier alpha value is -2.59. The third-order valence-electron chi connectivity index (χ3n) is 0. The summed E-state index contributed by atoms with van der Waals surface area (Å²) in [6.45, 7) is 0. The van der Waals surface area contributed by atoms with Gasteiger partial charge >= 0.3 is 20.1 Å². The van der Waals surface area contributed by atoms with E-state index in [9.17, 15) is 0 Å². The first-order valence-electron chi connectivity index (χ1n) is 2.19. The molecule has 0 spiro atoms. The van der Waals surface area contributed by atoms with Crippen LogP contribution in [0.5, 0.6) is 0 Å². The Morgan fingerprint density at radius 2 is 0.444 bits per heavy atom. The molecule has 0 heterocycles. The van der Waals surface area contributed by atoms with Gasteiger partial charge in [-0.05, 0) is 0 Å². The maximum atomic E-state index is 8.25. The van der Waals surface area contributed by atoms with Crippen LogP contribution < -0.4 is 6.15 Å². The monoisotopic (exact) mass is 455 g/mol. The van der Waals surface area contributed by atoms with Crippen molar-refractivity contribution < 1.29 is 40.5 Å². The molecule has 4 radical (unpaired) electrons. The van der Waals surface area contributed by atoms with Crippen molar-refractivity contribution in [3.05, 3.63) is 61.3 Å². The fraction of sp³-hybridized carbons (Fsp3) is 0. The van der Waals surface area contributed by atoms with E-state index >= 15 is 0 Å². The Balaban J connectivity index is -0.0000000257. The molecule has 0 aromatic carbocycles. The Bertz CT molecular complexity index is 161. The summed E-state index contributed by atoms with van der Waals surface area (Å²) in [5, 5.41) is 59.0. The van der Waals surface area contributed by atoms with Gasteiger partial charge in [-0.25, -0.2) is 0 Å². The van der Waals surface area contributed by atoms with Crippen molar-refractivity contribution in [3.8, 4) is 0 Å². The van der Waals surface area contributed by atoms with Gasteiger partial charge in [0.2, 0.25) is 0 Å². The quantitative estimate of drug-likeness (QED) is 0.300. The largest absolute Gasteiger partial charge is 4.00 e. The van der Waals surface area contributed by atoms with Gasteiger partial charge in [0.25, 0.3) is 0 Å². The van der Waals surface area contributed by atoms with Crippen LogP contribution in [0.1, 0.15) is 0 Å². The van der Waals surface area contributed by atoms with Gasteiger partial charge in [-0.1, -0.05) is 0 Å². The molecule has 0 saturated heterocycles. The summed E-state index contributed by atoms with van der Waals surface area (Å²) in [4.78, 5) is 33.0. The number of hydrogen-bond acceptors (Lipinski definition) is 12. The molecule has 0 aliphatic heterocycles. The van der Waals surface area contributed by atoms with Gasteiger partial charge in [0.05, 0.1) is 20.3 Å². The fourth-order valence-corrected chi connectivity index (χ4v) is 0. The van der Waals surface area contributed by atoms with E-state index in [4.69, 9.17) is 61.3 Å². The molecule has 0 aliphatic rings. The van der Waals surface area contributed by atoms with Crippen molar-refractivity contribution in [1.82, 2.24) is 6.15 Å². The topological polar surface area (TPSA) is 295 Å². The van der Waals surface area contributed by atoms with Crippen LogP contribution in [0.2, 0.25) is 0 Å². The van der Waals surface area contributed by atoms with Crippen LogP contribution in [0, 0.1) is 61.3 Å². The molecule has 0 aliphatic carbocycles. The predicted octanol–water partition coefficient (Wildman–Crippen LogP) is -1.44. The molecule has 0 unspecified atom stereocenters. The maximum absolute atomic E-state index is 8.25. The van der Waals surface area contributed by atoms with E-state index < -0.39 is 20.3 Å². The summed E-state index contributed by atoms with van der Waals surface area (Å²) in [6.07, 6.45) is 0. The minimum absolute atomic E-state index is 0.